The molecule has 86 valence electrons. The average Bonchev–Trinajstić information content (AvgIpc) is 2.58. The maximum Gasteiger partial charge on any atom is 0.238 e. The van der Waals surface area contributed by atoms with Crippen LogP contribution in [0.15, 0.2) is 23.1 Å². The standard InChI is InChI=1S/C10H13N3O2S/c1-6(2)10-12-8-4-3-7(16(11,14)15)5-9(8)13-10/h3-6H,1-2H3,(H,12,13)(H2,11,14,15). The van der Waals surface area contributed by atoms with Gasteiger partial charge in [-0.25, -0.2) is 18.5 Å². The molecule has 3 N–H and O–H groups in total. The number of aromatic amines is 1. The van der Waals surface area contributed by atoms with Crippen LogP contribution in [-0.4, -0.2) is 18.4 Å². The van der Waals surface area contributed by atoms with Gasteiger partial charge < -0.3 is 4.98 Å². The van der Waals surface area contributed by atoms with Gasteiger partial charge in [-0.1, -0.05) is 13.8 Å². The molecule has 0 radical (unpaired) electrons. The maximum atomic E-state index is 11.2. The minimum Gasteiger partial charge on any atom is -0.342 e. The number of benzene rings is 1. The molecule has 1 heterocycles. The number of H-pyrrole nitrogens is 1. The summed E-state index contributed by atoms with van der Waals surface area (Å²) in [6.07, 6.45) is 0. The number of nitrogens with zero attached hydrogens (tertiary/aromatic N) is 1. The van der Waals surface area contributed by atoms with Gasteiger partial charge in [0.05, 0.1) is 15.9 Å². The van der Waals surface area contributed by atoms with Crippen LogP contribution in [0.3, 0.4) is 0 Å². The van der Waals surface area contributed by atoms with Crippen molar-refractivity contribution in [2.45, 2.75) is 24.7 Å². The second kappa shape index (κ2) is 3.57. The fraction of sp³-hybridized carbons (Fsp3) is 0.300. The molecule has 0 aliphatic rings. The first-order chi connectivity index (χ1) is 7.38. The third kappa shape index (κ3) is 1.94. The second-order valence-electron chi connectivity index (χ2n) is 4.00. The van der Waals surface area contributed by atoms with E-state index in [-0.39, 0.29) is 10.8 Å². The number of hydrogen-bond donors (Lipinski definition) is 2. The molecule has 0 unspecified atom stereocenters. The van der Waals surface area contributed by atoms with Crippen LogP contribution in [-0.2, 0) is 10.0 Å². The lowest BCUT2D eigenvalue weighted by atomic mass is 10.2. The van der Waals surface area contributed by atoms with E-state index in [1.54, 1.807) is 6.07 Å². The van der Waals surface area contributed by atoms with Gasteiger partial charge in [0, 0.05) is 5.92 Å². The fourth-order valence-electron chi connectivity index (χ4n) is 1.46. The van der Waals surface area contributed by atoms with E-state index in [4.69, 9.17) is 5.14 Å². The average molecular weight is 239 g/mol. The Morgan fingerprint density at radius 3 is 2.62 bits per heavy atom. The zero-order chi connectivity index (χ0) is 11.9. The Balaban J connectivity index is 2.63. The summed E-state index contributed by atoms with van der Waals surface area (Å²) in [7, 11) is -3.65. The summed E-state index contributed by atoms with van der Waals surface area (Å²) in [5.74, 6) is 1.10. The highest BCUT2D eigenvalue weighted by atomic mass is 32.2. The molecule has 0 amide bonds. The van der Waals surface area contributed by atoms with Gasteiger partial charge in [-0.15, -0.1) is 0 Å². The molecule has 2 aromatic rings. The lowest BCUT2D eigenvalue weighted by Crippen LogP contribution is -2.11. The molecule has 0 fully saturated rings. The second-order valence-corrected chi connectivity index (χ2v) is 5.56. The number of fused-ring (bicyclic) bond motifs is 1. The van der Waals surface area contributed by atoms with Crippen molar-refractivity contribution in [1.82, 2.24) is 9.97 Å². The van der Waals surface area contributed by atoms with Crippen LogP contribution in [0.5, 0.6) is 0 Å². The molecule has 5 nitrogen and oxygen atoms in total. The molecule has 0 spiro atoms. The Bertz CT molecular complexity index is 629. The lowest BCUT2D eigenvalue weighted by molar-refractivity contribution is 0.598. The Kier molecular flexibility index (Phi) is 2.47. The SMILES string of the molecule is CC(C)c1nc2ccc(S(N)(=O)=O)cc2[nH]1. The van der Waals surface area contributed by atoms with Gasteiger partial charge in [0.2, 0.25) is 10.0 Å². The lowest BCUT2D eigenvalue weighted by Gasteiger charge is -1.96. The van der Waals surface area contributed by atoms with Gasteiger partial charge >= 0.3 is 0 Å². The van der Waals surface area contributed by atoms with Crippen LogP contribution >= 0.6 is 0 Å². The summed E-state index contributed by atoms with van der Waals surface area (Å²) in [5.41, 5.74) is 1.44. The van der Waals surface area contributed by atoms with E-state index in [9.17, 15) is 8.42 Å². The quantitative estimate of drug-likeness (QED) is 0.828. The molecule has 6 heteroatoms. The van der Waals surface area contributed by atoms with Gasteiger partial charge in [-0.05, 0) is 18.2 Å². The summed E-state index contributed by atoms with van der Waals surface area (Å²) >= 11 is 0. The minimum absolute atomic E-state index is 0.0963. The van der Waals surface area contributed by atoms with Crippen molar-refractivity contribution >= 4 is 21.1 Å². The van der Waals surface area contributed by atoms with Crippen LogP contribution in [0, 0.1) is 0 Å². The molecule has 2 rings (SSSR count). The first-order valence-corrected chi connectivity index (χ1v) is 6.45. The zero-order valence-electron chi connectivity index (χ0n) is 9.06. The number of primary sulfonamides is 1. The summed E-state index contributed by atoms with van der Waals surface area (Å²) in [6.45, 7) is 4.02. The number of sulfonamides is 1. The smallest absolute Gasteiger partial charge is 0.238 e. The molecular weight excluding hydrogens is 226 g/mol. The van der Waals surface area contributed by atoms with Crippen LogP contribution < -0.4 is 5.14 Å². The minimum atomic E-state index is -3.65. The van der Waals surface area contributed by atoms with E-state index in [0.717, 1.165) is 11.3 Å². The molecular formula is C10H13N3O2S. The number of imidazole rings is 1. The topological polar surface area (TPSA) is 88.8 Å². The number of rotatable bonds is 2. The Labute approximate surface area is 93.7 Å². The third-order valence-corrected chi connectivity index (χ3v) is 3.26. The van der Waals surface area contributed by atoms with Crippen molar-refractivity contribution in [3.05, 3.63) is 24.0 Å². The normalized spacial score (nSPS) is 12.5. The molecule has 1 aromatic heterocycles. The highest BCUT2D eigenvalue weighted by molar-refractivity contribution is 7.89. The van der Waals surface area contributed by atoms with Crippen LogP contribution in [0.4, 0.5) is 0 Å². The summed E-state index contributed by atoms with van der Waals surface area (Å²) in [6, 6.07) is 4.61. The van der Waals surface area contributed by atoms with E-state index < -0.39 is 10.0 Å². The van der Waals surface area contributed by atoms with Gasteiger partial charge in [0.1, 0.15) is 5.82 Å². The number of hydrogen-bond acceptors (Lipinski definition) is 3. The first-order valence-electron chi connectivity index (χ1n) is 4.90. The van der Waals surface area contributed by atoms with E-state index in [1.165, 1.54) is 12.1 Å². The van der Waals surface area contributed by atoms with Crippen molar-refractivity contribution in [3.8, 4) is 0 Å². The molecule has 0 bridgehead atoms. The monoisotopic (exact) mass is 239 g/mol. The Hall–Kier alpha value is -1.40. The molecule has 1 aromatic carbocycles. The zero-order valence-corrected chi connectivity index (χ0v) is 9.88. The molecule has 0 aliphatic carbocycles. The number of nitrogens with two attached hydrogens (primary N) is 1. The number of nitrogens with one attached hydrogen (secondary N) is 1. The van der Waals surface area contributed by atoms with E-state index in [2.05, 4.69) is 9.97 Å². The van der Waals surface area contributed by atoms with Crippen molar-refractivity contribution in [2.75, 3.05) is 0 Å². The molecule has 0 saturated carbocycles. The fourth-order valence-corrected chi connectivity index (χ4v) is 2.00. The highest BCUT2D eigenvalue weighted by Crippen LogP contribution is 2.19. The number of aromatic nitrogens is 2. The summed E-state index contributed by atoms with van der Waals surface area (Å²) in [5, 5.41) is 5.05. The van der Waals surface area contributed by atoms with Crippen LogP contribution in [0.2, 0.25) is 0 Å². The van der Waals surface area contributed by atoms with Crippen molar-refractivity contribution in [1.29, 1.82) is 0 Å². The van der Waals surface area contributed by atoms with Gasteiger partial charge in [-0.2, -0.15) is 0 Å². The maximum absolute atomic E-state index is 11.2. The van der Waals surface area contributed by atoms with Crippen molar-refractivity contribution < 1.29 is 8.42 Å². The molecule has 16 heavy (non-hydrogen) atoms. The van der Waals surface area contributed by atoms with Crippen molar-refractivity contribution in [3.63, 3.8) is 0 Å². The van der Waals surface area contributed by atoms with Gasteiger partial charge in [0.15, 0.2) is 0 Å². The van der Waals surface area contributed by atoms with E-state index in [0.29, 0.717) is 5.52 Å². The first kappa shape index (κ1) is 11.1. The highest BCUT2D eigenvalue weighted by Gasteiger charge is 2.11. The van der Waals surface area contributed by atoms with Gasteiger partial charge in [-0.3, -0.25) is 0 Å². The molecule has 0 aliphatic heterocycles. The van der Waals surface area contributed by atoms with E-state index in [1.807, 2.05) is 13.8 Å². The van der Waals surface area contributed by atoms with E-state index >= 15 is 0 Å². The third-order valence-electron chi connectivity index (χ3n) is 2.35. The van der Waals surface area contributed by atoms with Crippen LogP contribution in [0.25, 0.3) is 11.0 Å². The summed E-state index contributed by atoms with van der Waals surface area (Å²) in [4.78, 5) is 7.52. The molecule has 0 atom stereocenters. The molecule has 0 saturated heterocycles. The Morgan fingerprint density at radius 2 is 2.06 bits per heavy atom. The largest absolute Gasteiger partial charge is 0.342 e. The van der Waals surface area contributed by atoms with Gasteiger partial charge in [0.25, 0.3) is 0 Å². The summed E-state index contributed by atoms with van der Waals surface area (Å²) < 4.78 is 22.3. The van der Waals surface area contributed by atoms with Crippen LogP contribution in [0.1, 0.15) is 25.6 Å². The predicted octanol–water partition coefficient (Wildman–Crippen LogP) is 1.33. The van der Waals surface area contributed by atoms with Crippen molar-refractivity contribution in [2.24, 2.45) is 5.14 Å². The predicted molar refractivity (Wildman–Crippen MR) is 61.6 cm³/mol. The Morgan fingerprint density at radius 1 is 1.38 bits per heavy atom.